The van der Waals surface area contributed by atoms with Crippen LogP contribution in [0.15, 0.2) is 59.6 Å². The van der Waals surface area contributed by atoms with E-state index in [-0.39, 0.29) is 29.2 Å². The molecule has 1 unspecified atom stereocenters. The minimum absolute atomic E-state index is 0.0143. The van der Waals surface area contributed by atoms with Gasteiger partial charge >= 0.3 is 0 Å². The smallest absolute Gasteiger partial charge is 0.278 e. The quantitative estimate of drug-likeness (QED) is 0.411. The summed E-state index contributed by atoms with van der Waals surface area (Å²) in [7, 11) is -7.13. The van der Waals surface area contributed by atoms with Gasteiger partial charge in [0.25, 0.3) is 5.91 Å². The van der Waals surface area contributed by atoms with E-state index in [9.17, 15) is 17.8 Å². The van der Waals surface area contributed by atoms with Crippen molar-refractivity contribution >= 4 is 34.6 Å². The molecular formula is C23H27N4O5PS. The van der Waals surface area contributed by atoms with Crippen molar-refractivity contribution in [3.63, 3.8) is 0 Å². The maximum Gasteiger partial charge on any atom is 0.278 e. The number of anilines is 2. The first-order valence-electron chi connectivity index (χ1n) is 10.6. The molecule has 0 aliphatic heterocycles. The second-order valence-corrected chi connectivity index (χ2v) is 12.9. The highest BCUT2D eigenvalue weighted by Gasteiger charge is 2.29. The number of nitrogens with one attached hydrogen (secondary N) is 1. The molecule has 0 spiro atoms. The third-order valence-electron chi connectivity index (χ3n) is 5.05. The molecule has 34 heavy (non-hydrogen) atoms. The number of sulfone groups is 1. The lowest BCUT2D eigenvalue weighted by Crippen LogP contribution is -2.17. The van der Waals surface area contributed by atoms with Gasteiger partial charge in [-0.1, -0.05) is 36.8 Å². The summed E-state index contributed by atoms with van der Waals surface area (Å²) < 4.78 is 43.3. The highest BCUT2D eigenvalue weighted by atomic mass is 32.2. The Morgan fingerprint density at radius 1 is 1.09 bits per heavy atom. The molecule has 0 fully saturated rings. The number of aryl methyl sites for hydroxylation is 1. The van der Waals surface area contributed by atoms with Crippen molar-refractivity contribution in [2.75, 3.05) is 29.3 Å². The van der Waals surface area contributed by atoms with Crippen molar-refractivity contribution in [2.45, 2.75) is 25.7 Å². The number of carbonyl (C=O) groups is 1. The van der Waals surface area contributed by atoms with Gasteiger partial charge in [0.2, 0.25) is 7.37 Å². The number of nitrogens with zero attached hydrogens (tertiary/aromatic N) is 2. The molecule has 180 valence electrons. The van der Waals surface area contributed by atoms with Gasteiger partial charge in [0, 0.05) is 17.4 Å². The first kappa shape index (κ1) is 25.6. The van der Waals surface area contributed by atoms with Crippen molar-refractivity contribution in [1.82, 2.24) is 9.97 Å². The third-order valence-corrected chi connectivity index (χ3v) is 10.7. The third kappa shape index (κ3) is 6.08. The molecule has 0 saturated carbocycles. The topological polar surface area (TPSA) is 141 Å². The predicted octanol–water partition coefficient (Wildman–Crippen LogP) is 4.35. The molecule has 0 aliphatic rings. The SMILES string of the molecule is CCOP(=O)(CC)CS(=O)(=O)c1ccc(NC(=O)c2nc(-c3ccc(C)cc3)cnc2N)cc1. The standard InChI is InChI=1S/C23H27N4O5PS/c1-4-32-33(29,5-2)15-34(30,31)19-12-10-18(11-13-19)26-23(28)21-22(24)25-14-20(27-21)17-8-6-16(3)7-9-17/h6-14H,4-5,15H2,1-3H3,(H2,24,25)(H,26,28). The van der Waals surface area contributed by atoms with Crippen molar-refractivity contribution in [3.05, 3.63) is 66.0 Å². The summed E-state index contributed by atoms with van der Waals surface area (Å²) in [6.45, 7) is 5.44. The average molecular weight is 503 g/mol. The molecule has 9 nitrogen and oxygen atoms in total. The summed E-state index contributed by atoms with van der Waals surface area (Å²) in [5.74, 6) is -0.611. The zero-order valence-corrected chi connectivity index (χ0v) is 20.9. The average Bonchev–Trinajstić information content (AvgIpc) is 2.80. The summed E-state index contributed by atoms with van der Waals surface area (Å²) in [4.78, 5) is 21.2. The van der Waals surface area contributed by atoms with Crippen LogP contribution in [0.1, 0.15) is 29.9 Å². The molecule has 3 aromatic rings. The van der Waals surface area contributed by atoms with Gasteiger partial charge in [-0.15, -0.1) is 0 Å². The number of carbonyl (C=O) groups excluding carboxylic acids is 1. The highest BCUT2D eigenvalue weighted by Crippen LogP contribution is 2.48. The van der Waals surface area contributed by atoms with E-state index in [1.165, 1.54) is 30.5 Å². The minimum atomic E-state index is -3.84. The van der Waals surface area contributed by atoms with Gasteiger partial charge in [-0.05, 0) is 38.1 Å². The lowest BCUT2D eigenvalue weighted by molar-refractivity contribution is 0.102. The molecule has 0 aliphatic carbocycles. The van der Waals surface area contributed by atoms with E-state index < -0.39 is 28.6 Å². The molecule has 11 heteroatoms. The molecule has 1 atom stereocenters. The van der Waals surface area contributed by atoms with E-state index in [1.54, 1.807) is 13.8 Å². The number of rotatable bonds is 9. The number of hydrogen-bond donors (Lipinski definition) is 2. The van der Waals surface area contributed by atoms with Gasteiger partial charge in [-0.25, -0.2) is 18.4 Å². The van der Waals surface area contributed by atoms with Crippen LogP contribution in [0.25, 0.3) is 11.3 Å². The Hall–Kier alpha value is -3.07. The first-order valence-corrected chi connectivity index (χ1v) is 14.3. The Morgan fingerprint density at radius 2 is 1.74 bits per heavy atom. The van der Waals surface area contributed by atoms with Crippen LogP contribution in [0.5, 0.6) is 0 Å². The Bertz CT molecular complexity index is 1330. The van der Waals surface area contributed by atoms with E-state index in [0.717, 1.165) is 11.1 Å². The summed E-state index contributed by atoms with van der Waals surface area (Å²) in [5, 5.41) is 2.65. The zero-order valence-electron chi connectivity index (χ0n) is 19.2. The van der Waals surface area contributed by atoms with E-state index in [4.69, 9.17) is 10.3 Å². The number of nitrogen functional groups attached to an aromatic ring is 1. The summed E-state index contributed by atoms with van der Waals surface area (Å²) in [5.41, 5.74) is 7.97. The molecule has 1 heterocycles. The van der Waals surface area contributed by atoms with E-state index >= 15 is 0 Å². The lowest BCUT2D eigenvalue weighted by Gasteiger charge is -2.16. The second-order valence-electron chi connectivity index (χ2n) is 7.63. The molecule has 2 aromatic carbocycles. The predicted molar refractivity (Wildman–Crippen MR) is 133 cm³/mol. The van der Waals surface area contributed by atoms with Gasteiger partial charge in [-0.2, -0.15) is 0 Å². The maximum atomic E-state index is 12.8. The van der Waals surface area contributed by atoms with Crippen LogP contribution >= 0.6 is 7.37 Å². The van der Waals surface area contributed by atoms with Gasteiger partial charge < -0.3 is 15.6 Å². The molecule has 0 radical (unpaired) electrons. The summed E-state index contributed by atoms with van der Waals surface area (Å²) in [6, 6.07) is 13.2. The van der Waals surface area contributed by atoms with Gasteiger partial charge in [0.1, 0.15) is 5.49 Å². The fraction of sp³-hybridized carbons (Fsp3) is 0.261. The molecular weight excluding hydrogens is 475 g/mol. The van der Waals surface area contributed by atoms with Crippen molar-refractivity contribution in [3.8, 4) is 11.3 Å². The van der Waals surface area contributed by atoms with Crippen LogP contribution in [-0.4, -0.2) is 42.6 Å². The van der Waals surface area contributed by atoms with E-state index in [2.05, 4.69) is 15.3 Å². The Balaban J connectivity index is 1.78. The Morgan fingerprint density at radius 3 is 2.32 bits per heavy atom. The molecule has 1 amide bonds. The van der Waals surface area contributed by atoms with Crippen molar-refractivity contribution in [2.24, 2.45) is 0 Å². The monoisotopic (exact) mass is 502 g/mol. The lowest BCUT2D eigenvalue weighted by atomic mass is 10.1. The normalized spacial score (nSPS) is 13.3. The zero-order chi connectivity index (χ0) is 24.9. The number of benzene rings is 2. The molecule has 1 aromatic heterocycles. The summed E-state index contributed by atoms with van der Waals surface area (Å²) >= 11 is 0. The largest absolute Gasteiger partial charge is 0.382 e. The van der Waals surface area contributed by atoms with Gasteiger partial charge in [-0.3, -0.25) is 9.36 Å². The number of amides is 1. The van der Waals surface area contributed by atoms with Crippen molar-refractivity contribution < 1.29 is 22.3 Å². The van der Waals surface area contributed by atoms with Gasteiger partial charge in [0.05, 0.1) is 23.4 Å². The fourth-order valence-corrected chi connectivity index (χ4v) is 8.05. The number of hydrogen-bond acceptors (Lipinski definition) is 8. The summed E-state index contributed by atoms with van der Waals surface area (Å²) in [6.07, 6.45) is 1.62. The second kappa shape index (κ2) is 10.5. The van der Waals surface area contributed by atoms with Crippen LogP contribution in [0.2, 0.25) is 0 Å². The van der Waals surface area contributed by atoms with Crippen LogP contribution in [0, 0.1) is 6.92 Å². The van der Waals surface area contributed by atoms with Crippen molar-refractivity contribution in [1.29, 1.82) is 0 Å². The van der Waals surface area contributed by atoms with Crippen LogP contribution < -0.4 is 11.1 Å². The molecule has 0 saturated heterocycles. The minimum Gasteiger partial charge on any atom is -0.382 e. The maximum absolute atomic E-state index is 12.8. The Labute approximate surface area is 199 Å². The molecule has 3 N–H and O–H groups in total. The van der Waals surface area contributed by atoms with E-state index in [0.29, 0.717) is 11.4 Å². The van der Waals surface area contributed by atoms with Crippen LogP contribution in [0.3, 0.4) is 0 Å². The first-order chi connectivity index (χ1) is 16.1. The molecule has 0 bridgehead atoms. The van der Waals surface area contributed by atoms with E-state index in [1.807, 2.05) is 31.2 Å². The number of aromatic nitrogens is 2. The molecule has 3 rings (SSSR count). The van der Waals surface area contributed by atoms with Gasteiger partial charge in [0.15, 0.2) is 21.3 Å². The van der Waals surface area contributed by atoms with Crippen LogP contribution in [-0.2, 0) is 18.9 Å². The number of nitrogens with two attached hydrogens (primary N) is 1. The Kier molecular flexibility index (Phi) is 7.86. The van der Waals surface area contributed by atoms with Crippen LogP contribution in [0.4, 0.5) is 11.5 Å². The fourth-order valence-electron chi connectivity index (χ4n) is 3.15. The highest BCUT2D eigenvalue weighted by molar-refractivity contribution is 7.98.